The van der Waals surface area contributed by atoms with Crippen LogP contribution in [0, 0.1) is 11.6 Å². The summed E-state index contributed by atoms with van der Waals surface area (Å²) in [5.74, 6) is 0.519. The summed E-state index contributed by atoms with van der Waals surface area (Å²) in [7, 11) is -3.69. The summed E-state index contributed by atoms with van der Waals surface area (Å²) in [6.07, 6.45) is 3.11. The van der Waals surface area contributed by atoms with Crippen LogP contribution >= 0.6 is 0 Å². The molecule has 0 N–H and O–H groups in total. The predicted octanol–water partition coefficient (Wildman–Crippen LogP) is 6.63. The van der Waals surface area contributed by atoms with Crippen LogP contribution in [0.15, 0.2) is 131 Å². The van der Waals surface area contributed by atoms with E-state index >= 15 is 0 Å². The molecule has 12 nitrogen and oxygen atoms in total. The lowest BCUT2D eigenvalue weighted by Gasteiger charge is -2.33. The fourth-order valence-corrected chi connectivity index (χ4v) is 10.8. The van der Waals surface area contributed by atoms with Crippen LogP contribution in [-0.4, -0.2) is 111 Å². The Morgan fingerprint density at radius 3 is 1.38 bits per heavy atom. The van der Waals surface area contributed by atoms with E-state index in [1.807, 2.05) is 54.6 Å². The van der Waals surface area contributed by atoms with Crippen molar-refractivity contribution in [1.29, 1.82) is 0 Å². The molecule has 60 heavy (non-hydrogen) atoms. The number of benzene rings is 4. The zero-order valence-corrected chi connectivity index (χ0v) is 34.6. The second-order valence-corrected chi connectivity index (χ2v) is 18.8. The molecule has 0 saturated carbocycles. The fourth-order valence-electron chi connectivity index (χ4n) is 7.99. The molecule has 0 amide bonds. The molecule has 2 saturated heterocycles. The Kier molecular flexibility index (Phi) is 10.3. The van der Waals surface area contributed by atoms with Crippen LogP contribution in [0.25, 0.3) is 43.6 Å². The van der Waals surface area contributed by atoms with Crippen molar-refractivity contribution >= 4 is 75.3 Å². The van der Waals surface area contributed by atoms with Crippen LogP contribution in [0.1, 0.15) is 0 Å². The van der Waals surface area contributed by atoms with Crippen LogP contribution in [-0.2, 0) is 20.0 Å². The molecule has 16 heteroatoms. The summed E-state index contributed by atoms with van der Waals surface area (Å²) in [6.45, 7) is 6.96. The van der Waals surface area contributed by atoms with Crippen LogP contribution < -0.4 is 9.80 Å². The molecule has 4 aromatic carbocycles. The fraction of sp³-hybridized carbons (Fsp3) is 0.227. The molecule has 2 aliphatic rings. The first-order chi connectivity index (χ1) is 28.9. The number of nitrogens with zero attached hydrogens (tertiary/aromatic N) is 8. The average Bonchev–Trinajstić information content (AvgIpc) is 3.92. The van der Waals surface area contributed by atoms with Gasteiger partial charge < -0.3 is 19.6 Å². The Morgan fingerprint density at radius 1 is 0.467 bits per heavy atom. The molecule has 0 aliphatic carbocycles. The van der Waals surface area contributed by atoms with E-state index in [0.29, 0.717) is 11.0 Å². The number of halogens is 2. The van der Waals surface area contributed by atoms with Crippen LogP contribution in [0.3, 0.4) is 0 Å². The highest BCUT2D eigenvalue weighted by atomic mass is 32.2. The largest absolute Gasteiger partial charge is 0.353 e. The highest BCUT2D eigenvalue weighted by Crippen LogP contribution is 2.36. The van der Waals surface area contributed by atoms with E-state index in [-0.39, 0.29) is 9.79 Å². The molecule has 0 bridgehead atoms. The van der Waals surface area contributed by atoms with E-state index in [0.717, 1.165) is 115 Å². The highest BCUT2D eigenvalue weighted by Gasteiger charge is 2.27. The van der Waals surface area contributed by atoms with E-state index in [1.165, 1.54) is 38.3 Å². The molecule has 2 aliphatic heterocycles. The SMILES string of the molecule is CN1CCN(c2nc3ccccc3c3c2ccn3S(=O)(=O)c2ccc(F)cc2)CC1.CN1CCN(c2nc3ccccc3c3c2ccn3S(=O)(=O)c2cccc(F)c2)CC1. The smallest absolute Gasteiger partial charge is 0.268 e. The van der Waals surface area contributed by atoms with E-state index in [4.69, 9.17) is 9.97 Å². The van der Waals surface area contributed by atoms with Crippen molar-refractivity contribution < 1.29 is 25.6 Å². The molecule has 2 fully saturated rings. The first-order valence-electron chi connectivity index (χ1n) is 19.6. The summed E-state index contributed by atoms with van der Waals surface area (Å²) in [5, 5.41) is 3.08. The third kappa shape index (κ3) is 7.12. The Hall–Kier alpha value is -5.94. The van der Waals surface area contributed by atoms with E-state index in [9.17, 15) is 25.6 Å². The molecule has 6 heterocycles. The maximum atomic E-state index is 13.8. The molecule has 0 spiro atoms. The molecular weight excluding hydrogens is 807 g/mol. The molecule has 8 aromatic rings. The van der Waals surface area contributed by atoms with Gasteiger partial charge in [0.1, 0.15) is 23.3 Å². The monoisotopic (exact) mass is 848 g/mol. The zero-order chi connectivity index (χ0) is 41.8. The Bertz CT molecular complexity index is 3120. The van der Waals surface area contributed by atoms with Crippen molar-refractivity contribution in [2.45, 2.75) is 9.79 Å². The Balaban J connectivity index is 0.000000154. The zero-order valence-electron chi connectivity index (χ0n) is 33.0. The third-order valence-corrected chi connectivity index (χ3v) is 14.6. The number of hydrogen-bond acceptors (Lipinski definition) is 10. The van der Waals surface area contributed by atoms with E-state index in [1.54, 1.807) is 18.5 Å². The second-order valence-electron chi connectivity index (χ2n) is 15.2. The maximum Gasteiger partial charge on any atom is 0.268 e. The molecule has 0 atom stereocenters. The van der Waals surface area contributed by atoms with Crippen LogP contribution in [0.2, 0.25) is 0 Å². The number of piperazine rings is 2. The van der Waals surface area contributed by atoms with Gasteiger partial charge in [0.25, 0.3) is 20.0 Å². The normalized spacial score (nSPS) is 15.9. The molecule has 0 unspecified atom stereocenters. The van der Waals surface area contributed by atoms with Gasteiger partial charge in [-0.05, 0) is 80.8 Å². The van der Waals surface area contributed by atoms with Crippen LogP contribution in [0.4, 0.5) is 20.4 Å². The molecule has 10 rings (SSSR count). The molecule has 4 aromatic heterocycles. The number of aromatic nitrogens is 4. The van der Waals surface area contributed by atoms with Gasteiger partial charge in [0.2, 0.25) is 0 Å². The maximum absolute atomic E-state index is 13.8. The lowest BCUT2D eigenvalue weighted by Crippen LogP contribution is -2.44. The summed E-state index contributed by atoms with van der Waals surface area (Å²) in [5.41, 5.74) is 2.64. The van der Waals surface area contributed by atoms with Gasteiger partial charge in [-0.15, -0.1) is 0 Å². The highest BCUT2D eigenvalue weighted by molar-refractivity contribution is 7.90. The Labute approximate surface area is 346 Å². The van der Waals surface area contributed by atoms with E-state index < -0.39 is 31.7 Å². The lowest BCUT2D eigenvalue weighted by molar-refractivity contribution is 0.312. The molecule has 308 valence electrons. The predicted molar refractivity (Wildman–Crippen MR) is 232 cm³/mol. The van der Waals surface area contributed by atoms with Crippen molar-refractivity contribution in [3.8, 4) is 0 Å². The number of pyridine rings is 2. The summed E-state index contributed by atoms with van der Waals surface area (Å²) in [4.78, 5) is 18.7. The van der Waals surface area contributed by atoms with E-state index in [2.05, 4.69) is 33.7 Å². The number of rotatable bonds is 6. The molecule has 0 radical (unpaired) electrons. The topological polar surface area (TPSA) is 117 Å². The minimum atomic E-state index is -3.97. The lowest BCUT2D eigenvalue weighted by atomic mass is 10.1. The van der Waals surface area contributed by atoms with Crippen molar-refractivity contribution in [2.24, 2.45) is 0 Å². The van der Waals surface area contributed by atoms with Gasteiger partial charge in [-0.25, -0.2) is 43.5 Å². The summed E-state index contributed by atoms with van der Waals surface area (Å²) in [6, 6.07) is 28.7. The first-order valence-corrected chi connectivity index (χ1v) is 22.5. The standard InChI is InChI=1S/2C22H21FN4O2S/c1-25-11-13-26(14-12-25)22-19-9-10-27(21(19)18-7-2-3-8-20(18)24-22)30(28,29)17-6-4-5-16(23)15-17;1-25-12-14-26(15-13-25)22-19-10-11-27(21(19)18-4-2-3-5-20(18)24-22)30(28,29)17-8-6-16(23)7-9-17/h2-10,15H,11-14H2,1H3;2-11H,12-15H2,1H3. The van der Waals surface area contributed by atoms with Crippen LogP contribution in [0.5, 0.6) is 0 Å². The van der Waals surface area contributed by atoms with Gasteiger partial charge in [-0.1, -0.05) is 42.5 Å². The second kappa shape index (κ2) is 15.6. The number of likely N-dealkylation sites (N-methyl/N-ethyl adjacent to an activating group) is 2. The van der Waals surface area contributed by atoms with Crippen molar-refractivity contribution in [2.75, 3.05) is 76.3 Å². The van der Waals surface area contributed by atoms with Gasteiger partial charge in [0, 0.05) is 86.3 Å². The van der Waals surface area contributed by atoms with Crippen molar-refractivity contribution in [1.82, 2.24) is 27.7 Å². The quantitative estimate of drug-likeness (QED) is 0.181. The molecular formula is C44H42F2N8O4S2. The van der Waals surface area contributed by atoms with Crippen molar-refractivity contribution in [3.05, 3.63) is 133 Å². The minimum Gasteiger partial charge on any atom is -0.353 e. The average molecular weight is 849 g/mol. The van der Waals surface area contributed by atoms with Gasteiger partial charge in [0.15, 0.2) is 0 Å². The minimum absolute atomic E-state index is 0.0449. The van der Waals surface area contributed by atoms with Gasteiger partial charge in [0.05, 0.1) is 31.9 Å². The number of hydrogen-bond donors (Lipinski definition) is 0. The number of anilines is 2. The van der Waals surface area contributed by atoms with Gasteiger partial charge in [-0.3, -0.25) is 0 Å². The number of fused-ring (bicyclic) bond motifs is 6. The van der Waals surface area contributed by atoms with Gasteiger partial charge in [-0.2, -0.15) is 0 Å². The van der Waals surface area contributed by atoms with Crippen molar-refractivity contribution in [3.63, 3.8) is 0 Å². The summed E-state index contributed by atoms with van der Waals surface area (Å²) >= 11 is 0. The summed E-state index contributed by atoms with van der Waals surface area (Å²) < 4.78 is 83.2. The third-order valence-electron chi connectivity index (χ3n) is 11.3. The first kappa shape index (κ1) is 39.5. The Morgan fingerprint density at radius 2 is 0.917 bits per heavy atom. The van der Waals surface area contributed by atoms with Gasteiger partial charge >= 0.3 is 0 Å². The number of para-hydroxylation sites is 2.